The molecule has 0 unspecified atom stereocenters. The van der Waals surface area contributed by atoms with E-state index >= 15 is 0 Å². The molecule has 0 radical (unpaired) electrons. The molecule has 0 fully saturated rings. The number of carbonyl (C=O) groups is 2. The molecule has 0 atom stereocenters. The van der Waals surface area contributed by atoms with Gasteiger partial charge >= 0.3 is 5.97 Å². The van der Waals surface area contributed by atoms with Crippen molar-refractivity contribution in [3.05, 3.63) is 65.3 Å². The summed E-state index contributed by atoms with van der Waals surface area (Å²) in [5.41, 5.74) is 0.847. The zero-order valence-electron chi connectivity index (χ0n) is 16.2. The second-order valence-corrected chi connectivity index (χ2v) is 7.28. The molecule has 0 bridgehead atoms. The van der Waals surface area contributed by atoms with E-state index in [2.05, 4.69) is 15.6 Å². The highest BCUT2D eigenvalue weighted by atomic mass is 16.6. The summed E-state index contributed by atoms with van der Waals surface area (Å²) in [6.45, 7) is 7.30. The fourth-order valence-electron chi connectivity index (χ4n) is 2.50. The third-order valence-electron chi connectivity index (χ3n) is 3.66. The lowest BCUT2D eigenvalue weighted by Gasteiger charge is -2.19. The summed E-state index contributed by atoms with van der Waals surface area (Å²) in [6, 6.07) is 12.2. The van der Waals surface area contributed by atoms with Crippen molar-refractivity contribution in [3.8, 4) is 5.69 Å². The largest absolute Gasteiger partial charge is 0.455 e. The molecule has 28 heavy (non-hydrogen) atoms. The molecular formula is C20H22N4O4. The average molecular weight is 382 g/mol. The first-order valence-corrected chi connectivity index (χ1v) is 8.82. The lowest BCUT2D eigenvalue weighted by Crippen LogP contribution is -2.25. The van der Waals surface area contributed by atoms with Crippen LogP contribution >= 0.6 is 0 Å². The molecule has 1 amide bonds. The van der Waals surface area contributed by atoms with Crippen LogP contribution in [0.5, 0.6) is 0 Å². The van der Waals surface area contributed by atoms with Crippen LogP contribution in [0.3, 0.4) is 0 Å². The van der Waals surface area contributed by atoms with Gasteiger partial charge in [0.1, 0.15) is 17.1 Å². The van der Waals surface area contributed by atoms with Crippen LogP contribution in [0.25, 0.3) is 5.69 Å². The molecular weight excluding hydrogens is 360 g/mol. The predicted molar refractivity (Wildman–Crippen MR) is 101 cm³/mol. The first kappa shape index (κ1) is 19.3. The number of para-hydroxylation sites is 1. The smallest absolute Gasteiger partial charge is 0.357 e. The highest BCUT2D eigenvalue weighted by Gasteiger charge is 2.25. The van der Waals surface area contributed by atoms with Crippen LogP contribution in [0.1, 0.15) is 53.2 Å². The highest BCUT2D eigenvalue weighted by Crippen LogP contribution is 2.17. The number of nitrogens with zero attached hydrogens (tertiary/aromatic N) is 3. The number of aromatic nitrogens is 3. The molecule has 3 aromatic rings. The molecule has 0 aliphatic heterocycles. The molecule has 2 aromatic heterocycles. The number of rotatable bonds is 5. The SMILES string of the molecule is Cc1cc(CNC(=O)c2cc(C(=O)OC(C)(C)C)n(-c3ccccc3)n2)no1. The van der Waals surface area contributed by atoms with Gasteiger partial charge in [-0.1, -0.05) is 23.4 Å². The van der Waals surface area contributed by atoms with Gasteiger partial charge in [-0.25, -0.2) is 9.48 Å². The average Bonchev–Trinajstić information content (AvgIpc) is 3.25. The van der Waals surface area contributed by atoms with E-state index in [1.807, 2.05) is 18.2 Å². The van der Waals surface area contributed by atoms with Crippen LogP contribution in [0, 0.1) is 6.92 Å². The Morgan fingerprint density at radius 3 is 2.50 bits per heavy atom. The van der Waals surface area contributed by atoms with Gasteiger partial charge < -0.3 is 14.6 Å². The highest BCUT2D eigenvalue weighted by molar-refractivity contribution is 5.96. The van der Waals surface area contributed by atoms with Crippen molar-refractivity contribution in [2.24, 2.45) is 0 Å². The van der Waals surface area contributed by atoms with E-state index in [0.717, 1.165) is 0 Å². The second-order valence-electron chi connectivity index (χ2n) is 7.28. The van der Waals surface area contributed by atoms with Gasteiger partial charge in [0.05, 0.1) is 12.2 Å². The topological polar surface area (TPSA) is 99.2 Å². The fraction of sp³-hybridized carbons (Fsp3) is 0.300. The van der Waals surface area contributed by atoms with Crippen LogP contribution in [0.15, 0.2) is 47.0 Å². The van der Waals surface area contributed by atoms with E-state index in [0.29, 0.717) is 17.1 Å². The minimum Gasteiger partial charge on any atom is -0.455 e. The quantitative estimate of drug-likeness (QED) is 0.681. The number of nitrogens with one attached hydrogen (secondary N) is 1. The first-order chi connectivity index (χ1) is 13.2. The standard InChI is InChI=1S/C20H22N4O4/c1-13-10-14(23-28-13)12-21-18(25)16-11-17(19(26)27-20(2,3)4)24(22-16)15-8-6-5-7-9-15/h5-11H,12H2,1-4H3,(H,21,25). The monoisotopic (exact) mass is 382 g/mol. The van der Waals surface area contributed by atoms with Crippen LogP contribution in [0.4, 0.5) is 0 Å². The second kappa shape index (κ2) is 7.67. The summed E-state index contributed by atoms with van der Waals surface area (Å²) in [4.78, 5) is 25.2. The maximum Gasteiger partial charge on any atom is 0.357 e. The maximum absolute atomic E-state index is 12.6. The number of benzene rings is 1. The molecule has 0 aliphatic rings. The van der Waals surface area contributed by atoms with E-state index in [4.69, 9.17) is 9.26 Å². The zero-order chi connectivity index (χ0) is 20.3. The predicted octanol–water partition coefficient (Wildman–Crippen LogP) is 3.05. The van der Waals surface area contributed by atoms with E-state index < -0.39 is 17.5 Å². The van der Waals surface area contributed by atoms with Gasteiger partial charge in [0, 0.05) is 12.1 Å². The fourth-order valence-corrected chi connectivity index (χ4v) is 2.50. The Labute approximate surface area is 162 Å². The number of aryl methyl sites for hydroxylation is 1. The summed E-state index contributed by atoms with van der Waals surface area (Å²) in [5.74, 6) is -0.333. The molecule has 0 saturated carbocycles. The summed E-state index contributed by atoms with van der Waals surface area (Å²) in [6.07, 6.45) is 0. The van der Waals surface area contributed by atoms with Crippen LogP contribution in [-0.2, 0) is 11.3 Å². The van der Waals surface area contributed by atoms with E-state index in [9.17, 15) is 9.59 Å². The first-order valence-electron chi connectivity index (χ1n) is 8.82. The minimum atomic E-state index is -0.671. The Bertz CT molecular complexity index is 983. The Kier molecular flexibility index (Phi) is 5.30. The zero-order valence-corrected chi connectivity index (χ0v) is 16.2. The van der Waals surface area contributed by atoms with E-state index in [-0.39, 0.29) is 17.9 Å². The third kappa shape index (κ3) is 4.64. The number of ether oxygens (including phenoxy) is 1. The molecule has 0 aliphatic carbocycles. The van der Waals surface area contributed by atoms with Crippen molar-refractivity contribution in [3.63, 3.8) is 0 Å². The van der Waals surface area contributed by atoms with E-state index in [1.54, 1.807) is 45.9 Å². The van der Waals surface area contributed by atoms with Crippen molar-refractivity contribution in [1.29, 1.82) is 0 Å². The lowest BCUT2D eigenvalue weighted by atomic mass is 10.2. The van der Waals surface area contributed by atoms with Crippen LogP contribution < -0.4 is 5.32 Å². The number of hydrogen-bond acceptors (Lipinski definition) is 6. The van der Waals surface area contributed by atoms with Gasteiger partial charge in [0.2, 0.25) is 0 Å². The Morgan fingerprint density at radius 2 is 1.89 bits per heavy atom. The van der Waals surface area contributed by atoms with E-state index in [1.165, 1.54) is 10.7 Å². The molecule has 8 heteroatoms. The van der Waals surface area contributed by atoms with Crippen molar-refractivity contribution in [1.82, 2.24) is 20.3 Å². The summed E-state index contributed by atoms with van der Waals surface area (Å²) < 4.78 is 11.8. The normalized spacial score (nSPS) is 11.3. The molecule has 1 aromatic carbocycles. The van der Waals surface area contributed by atoms with Gasteiger partial charge in [0.15, 0.2) is 11.4 Å². The van der Waals surface area contributed by atoms with Crippen molar-refractivity contribution < 1.29 is 18.8 Å². The number of esters is 1. The van der Waals surface area contributed by atoms with Crippen LogP contribution in [-0.4, -0.2) is 32.4 Å². The summed E-state index contributed by atoms with van der Waals surface area (Å²) in [7, 11) is 0. The molecule has 0 saturated heterocycles. The molecule has 3 rings (SSSR count). The van der Waals surface area contributed by atoms with Gasteiger partial charge in [-0.15, -0.1) is 0 Å². The molecule has 146 valence electrons. The number of amides is 1. The van der Waals surface area contributed by atoms with Gasteiger partial charge in [-0.2, -0.15) is 5.10 Å². The molecule has 2 heterocycles. The summed E-state index contributed by atoms with van der Waals surface area (Å²) >= 11 is 0. The third-order valence-corrected chi connectivity index (χ3v) is 3.66. The number of hydrogen-bond donors (Lipinski definition) is 1. The minimum absolute atomic E-state index is 0.102. The Hall–Kier alpha value is -3.42. The van der Waals surface area contributed by atoms with Gasteiger partial charge in [-0.05, 0) is 39.8 Å². The number of carbonyl (C=O) groups excluding carboxylic acids is 2. The maximum atomic E-state index is 12.6. The van der Waals surface area contributed by atoms with Crippen LogP contribution in [0.2, 0.25) is 0 Å². The summed E-state index contributed by atoms with van der Waals surface area (Å²) in [5, 5.41) is 10.9. The van der Waals surface area contributed by atoms with Gasteiger partial charge in [0.25, 0.3) is 5.91 Å². The molecule has 1 N–H and O–H groups in total. The van der Waals surface area contributed by atoms with Crippen molar-refractivity contribution in [2.75, 3.05) is 0 Å². The molecule has 0 spiro atoms. The Balaban J connectivity index is 1.87. The van der Waals surface area contributed by atoms with Crippen molar-refractivity contribution in [2.45, 2.75) is 39.8 Å². The Morgan fingerprint density at radius 1 is 1.18 bits per heavy atom. The van der Waals surface area contributed by atoms with Crippen molar-refractivity contribution >= 4 is 11.9 Å². The molecule has 8 nitrogen and oxygen atoms in total. The van der Waals surface area contributed by atoms with Gasteiger partial charge in [-0.3, -0.25) is 4.79 Å². The lowest BCUT2D eigenvalue weighted by molar-refractivity contribution is 0.00593.